The molecule has 0 bridgehead atoms. The van der Waals surface area contributed by atoms with E-state index in [-0.39, 0.29) is 0 Å². The fourth-order valence-corrected chi connectivity index (χ4v) is 2.79. The highest BCUT2D eigenvalue weighted by molar-refractivity contribution is 5.33. The average Bonchev–Trinajstić information content (AvgIpc) is 2.45. The van der Waals surface area contributed by atoms with Gasteiger partial charge in [0.25, 0.3) is 0 Å². The maximum Gasteiger partial charge on any atom is 0.123 e. The van der Waals surface area contributed by atoms with E-state index in [0.717, 1.165) is 31.9 Å². The molecule has 1 saturated heterocycles. The molecule has 22 heavy (non-hydrogen) atoms. The highest BCUT2D eigenvalue weighted by Crippen LogP contribution is 2.18. The Balaban J connectivity index is 1.81. The highest BCUT2D eigenvalue weighted by atomic mass is 16.5. The van der Waals surface area contributed by atoms with Gasteiger partial charge in [0.15, 0.2) is 0 Å². The van der Waals surface area contributed by atoms with Gasteiger partial charge in [0.2, 0.25) is 0 Å². The van der Waals surface area contributed by atoms with Gasteiger partial charge in [0, 0.05) is 45.8 Å². The summed E-state index contributed by atoms with van der Waals surface area (Å²) in [5.41, 5.74) is 4.46. The summed E-state index contributed by atoms with van der Waals surface area (Å²) in [6, 6.07) is 8.21. The molecule has 1 aromatic rings. The summed E-state index contributed by atoms with van der Waals surface area (Å²) in [6.07, 6.45) is 0.612. The third-order valence-electron chi connectivity index (χ3n) is 3.72. The minimum atomic E-state index is 0.306. The first-order valence-corrected chi connectivity index (χ1v) is 8.04. The molecule has 0 aliphatic carbocycles. The number of morpholine rings is 1. The smallest absolute Gasteiger partial charge is 0.123 e. The molecule has 0 spiro atoms. The van der Waals surface area contributed by atoms with Crippen LogP contribution in [0.1, 0.15) is 19.4 Å². The topological polar surface area (TPSA) is 37.0 Å². The summed E-state index contributed by atoms with van der Waals surface area (Å²) in [5.74, 6) is 0.964. The molecule has 124 valence electrons. The van der Waals surface area contributed by atoms with E-state index >= 15 is 0 Å². The molecule has 0 radical (unpaired) electrons. The van der Waals surface area contributed by atoms with Crippen molar-refractivity contribution in [1.29, 1.82) is 0 Å². The minimum Gasteiger partial charge on any atom is -0.492 e. The summed E-state index contributed by atoms with van der Waals surface area (Å²) in [6.45, 7) is 8.65. The summed E-state index contributed by atoms with van der Waals surface area (Å²) < 4.78 is 11.8. The molecule has 0 amide bonds. The second-order valence-corrected chi connectivity index (χ2v) is 6.20. The van der Waals surface area contributed by atoms with Crippen molar-refractivity contribution in [1.82, 2.24) is 15.3 Å². The number of nitrogens with one attached hydrogen (secondary N) is 1. The van der Waals surface area contributed by atoms with Gasteiger partial charge in [-0.1, -0.05) is 18.2 Å². The molecule has 0 saturated carbocycles. The second kappa shape index (κ2) is 8.48. The van der Waals surface area contributed by atoms with Crippen LogP contribution in [0, 0.1) is 0 Å². The van der Waals surface area contributed by atoms with Crippen molar-refractivity contribution >= 4 is 0 Å². The van der Waals surface area contributed by atoms with Gasteiger partial charge in [-0.25, -0.2) is 0 Å². The van der Waals surface area contributed by atoms with Crippen LogP contribution in [0.2, 0.25) is 0 Å². The second-order valence-electron chi connectivity index (χ2n) is 6.20. The van der Waals surface area contributed by atoms with Crippen LogP contribution in [0.4, 0.5) is 0 Å². The lowest BCUT2D eigenvalue weighted by Crippen LogP contribution is -2.46. The molecule has 1 fully saturated rings. The lowest BCUT2D eigenvalue weighted by molar-refractivity contribution is -0.0699. The van der Waals surface area contributed by atoms with Crippen LogP contribution < -0.4 is 10.2 Å². The fourth-order valence-electron chi connectivity index (χ4n) is 2.79. The van der Waals surface area contributed by atoms with Gasteiger partial charge in [-0.3, -0.25) is 15.3 Å². The summed E-state index contributed by atoms with van der Waals surface area (Å²) in [5, 5.41) is 1.95. The number of rotatable bonds is 7. The normalized spacial score (nSPS) is 23.0. The van der Waals surface area contributed by atoms with Gasteiger partial charge in [0.05, 0.1) is 12.2 Å². The fraction of sp³-hybridized carbons (Fsp3) is 0.647. The predicted octanol–water partition coefficient (Wildman–Crippen LogP) is 1.74. The van der Waals surface area contributed by atoms with Crippen molar-refractivity contribution in [3.8, 4) is 5.75 Å². The molecular formula is C17H29N3O2. The molecule has 1 N–H and O–H groups in total. The van der Waals surface area contributed by atoms with Crippen LogP contribution in [0.5, 0.6) is 5.75 Å². The molecule has 0 unspecified atom stereocenters. The SMILES string of the molecule is C[C@@H]1CN(CCOc2ccccc2CNN(C)C)C[C@@H](C)O1. The Morgan fingerprint density at radius 2 is 1.91 bits per heavy atom. The number of hydrazine groups is 1. The number of para-hydroxylation sites is 1. The van der Waals surface area contributed by atoms with Gasteiger partial charge >= 0.3 is 0 Å². The first-order chi connectivity index (χ1) is 10.5. The van der Waals surface area contributed by atoms with E-state index in [4.69, 9.17) is 9.47 Å². The Kier molecular flexibility index (Phi) is 6.64. The summed E-state index contributed by atoms with van der Waals surface area (Å²) in [7, 11) is 3.98. The molecule has 0 aromatic heterocycles. The quantitative estimate of drug-likeness (QED) is 0.777. The van der Waals surface area contributed by atoms with Crippen molar-refractivity contribution in [3.05, 3.63) is 29.8 Å². The van der Waals surface area contributed by atoms with Crippen molar-refractivity contribution in [2.45, 2.75) is 32.6 Å². The summed E-state index contributed by atoms with van der Waals surface area (Å²) >= 11 is 0. The number of ether oxygens (including phenoxy) is 2. The van der Waals surface area contributed by atoms with Crippen LogP contribution in [-0.4, -0.2) is 62.5 Å². The molecular weight excluding hydrogens is 278 g/mol. The third kappa shape index (κ3) is 5.57. The number of benzene rings is 1. The van der Waals surface area contributed by atoms with E-state index in [9.17, 15) is 0 Å². The van der Waals surface area contributed by atoms with Crippen LogP contribution in [0.15, 0.2) is 24.3 Å². The first kappa shape index (κ1) is 17.2. The zero-order valence-corrected chi connectivity index (χ0v) is 14.2. The van der Waals surface area contributed by atoms with Gasteiger partial charge in [0.1, 0.15) is 12.4 Å². The van der Waals surface area contributed by atoms with E-state index in [1.165, 1.54) is 5.56 Å². The number of hydrogen-bond acceptors (Lipinski definition) is 5. The van der Waals surface area contributed by atoms with Crippen LogP contribution in [0.3, 0.4) is 0 Å². The van der Waals surface area contributed by atoms with Crippen molar-refractivity contribution in [2.75, 3.05) is 40.3 Å². The Hall–Kier alpha value is -1.14. The van der Waals surface area contributed by atoms with E-state index in [1.807, 2.05) is 37.3 Å². The van der Waals surface area contributed by atoms with Gasteiger partial charge in [-0.05, 0) is 19.9 Å². The maximum absolute atomic E-state index is 6.00. The van der Waals surface area contributed by atoms with Crippen LogP contribution in [0.25, 0.3) is 0 Å². The minimum absolute atomic E-state index is 0.306. The highest BCUT2D eigenvalue weighted by Gasteiger charge is 2.21. The lowest BCUT2D eigenvalue weighted by Gasteiger charge is -2.35. The van der Waals surface area contributed by atoms with Crippen molar-refractivity contribution < 1.29 is 9.47 Å². The van der Waals surface area contributed by atoms with Crippen LogP contribution >= 0.6 is 0 Å². The molecule has 2 rings (SSSR count). The Labute approximate surface area is 134 Å². The van der Waals surface area contributed by atoms with Gasteiger partial charge < -0.3 is 9.47 Å². The van der Waals surface area contributed by atoms with E-state index < -0.39 is 0 Å². The van der Waals surface area contributed by atoms with E-state index in [1.54, 1.807) is 0 Å². The molecule has 2 atom stereocenters. The monoisotopic (exact) mass is 307 g/mol. The molecule has 1 aliphatic rings. The van der Waals surface area contributed by atoms with Gasteiger partial charge in [-0.15, -0.1) is 0 Å². The largest absolute Gasteiger partial charge is 0.492 e. The van der Waals surface area contributed by atoms with E-state index in [0.29, 0.717) is 18.8 Å². The van der Waals surface area contributed by atoms with E-state index in [2.05, 4.69) is 30.2 Å². The van der Waals surface area contributed by atoms with Crippen LogP contribution in [-0.2, 0) is 11.3 Å². The zero-order valence-electron chi connectivity index (χ0n) is 14.2. The zero-order chi connectivity index (χ0) is 15.9. The Bertz CT molecular complexity index is 443. The Morgan fingerprint density at radius 1 is 1.23 bits per heavy atom. The number of nitrogens with zero attached hydrogens (tertiary/aromatic N) is 2. The van der Waals surface area contributed by atoms with Gasteiger partial charge in [-0.2, -0.15) is 0 Å². The predicted molar refractivity (Wildman–Crippen MR) is 88.9 cm³/mol. The maximum atomic E-state index is 6.00. The molecule has 1 heterocycles. The molecule has 1 aliphatic heterocycles. The first-order valence-electron chi connectivity index (χ1n) is 8.04. The summed E-state index contributed by atoms with van der Waals surface area (Å²) in [4.78, 5) is 2.42. The molecule has 1 aromatic carbocycles. The Morgan fingerprint density at radius 3 is 2.59 bits per heavy atom. The number of hydrogen-bond donors (Lipinski definition) is 1. The molecule has 5 nitrogen and oxygen atoms in total. The molecule has 5 heteroatoms. The van der Waals surface area contributed by atoms with Crippen molar-refractivity contribution in [2.24, 2.45) is 0 Å². The standard InChI is InChI=1S/C17H29N3O2/c1-14-12-20(13-15(2)22-14)9-10-21-17-8-6-5-7-16(17)11-18-19(3)4/h5-8,14-15,18H,9-13H2,1-4H3/t14-,15-/m1/s1. The average molecular weight is 307 g/mol. The lowest BCUT2D eigenvalue weighted by atomic mass is 10.2. The third-order valence-corrected chi connectivity index (χ3v) is 3.72. The van der Waals surface area contributed by atoms with Crippen molar-refractivity contribution in [3.63, 3.8) is 0 Å².